The van der Waals surface area contributed by atoms with E-state index >= 15 is 0 Å². The van der Waals surface area contributed by atoms with Crippen LogP contribution < -0.4 is 0 Å². The van der Waals surface area contributed by atoms with Gasteiger partial charge in [0.15, 0.2) is 0 Å². The predicted octanol–water partition coefficient (Wildman–Crippen LogP) is 2.37. The first kappa shape index (κ1) is 17.1. The molecule has 1 fully saturated rings. The molecular weight excluding hydrogens is 338 g/mol. The molecule has 0 N–H and O–H groups in total. The summed E-state index contributed by atoms with van der Waals surface area (Å²) in [4.78, 5) is 1.45. The number of halogens is 2. The van der Waals surface area contributed by atoms with Crippen LogP contribution in [0.5, 0.6) is 0 Å². The molecule has 1 aromatic carbocycles. The average Bonchev–Trinajstić information content (AvgIpc) is 2.95. The van der Waals surface area contributed by atoms with Gasteiger partial charge in [-0.05, 0) is 37.3 Å². The van der Waals surface area contributed by atoms with Gasteiger partial charge in [0.2, 0.25) is 10.0 Å². The maximum atomic E-state index is 13.8. The van der Waals surface area contributed by atoms with E-state index in [1.54, 1.807) is 0 Å². The summed E-state index contributed by atoms with van der Waals surface area (Å²) >= 11 is 0. The van der Waals surface area contributed by atoms with Gasteiger partial charge in [0.25, 0.3) is 0 Å². The zero-order valence-corrected chi connectivity index (χ0v) is 14.0. The highest BCUT2D eigenvalue weighted by molar-refractivity contribution is 7.89. The van der Waals surface area contributed by atoms with Crippen molar-refractivity contribution in [2.45, 2.75) is 18.4 Å². The Morgan fingerprint density at radius 2 is 1.79 bits per heavy atom. The van der Waals surface area contributed by atoms with E-state index in [9.17, 15) is 17.2 Å². The smallest absolute Gasteiger partial charge is 0.246 e. The first-order valence-electron chi connectivity index (χ1n) is 7.59. The normalized spacial score (nSPS) is 17.3. The fourth-order valence-corrected chi connectivity index (χ4v) is 4.23. The Hall–Kier alpha value is -1.77. The van der Waals surface area contributed by atoms with Crippen molar-refractivity contribution in [2.75, 3.05) is 26.2 Å². The lowest BCUT2D eigenvalue weighted by Crippen LogP contribution is -2.48. The number of furan rings is 1. The van der Waals surface area contributed by atoms with Gasteiger partial charge in [0.1, 0.15) is 28.1 Å². The van der Waals surface area contributed by atoms with Crippen molar-refractivity contribution in [2.24, 2.45) is 0 Å². The summed E-state index contributed by atoms with van der Waals surface area (Å²) in [7, 11) is -4.04. The first-order valence-corrected chi connectivity index (χ1v) is 9.03. The number of hydrogen-bond donors (Lipinski definition) is 0. The van der Waals surface area contributed by atoms with Crippen LogP contribution in [-0.2, 0) is 16.6 Å². The Morgan fingerprint density at radius 3 is 2.42 bits per heavy atom. The molecule has 0 aliphatic carbocycles. The molecule has 0 unspecified atom stereocenters. The van der Waals surface area contributed by atoms with Gasteiger partial charge in [-0.15, -0.1) is 0 Å². The minimum absolute atomic E-state index is 0.220. The molecule has 8 heteroatoms. The van der Waals surface area contributed by atoms with Crippen LogP contribution in [0.2, 0.25) is 0 Å². The first-order chi connectivity index (χ1) is 11.4. The monoisotopic (exact) mass is 356 g/mol. The van der Waals surface area contributed by atoms with Crippen LogP contribution in [0.15, 0.2) is 39.6 Å². The Balaban J connectivity index is 1.68. The molecule has 1 aromatic heterocycles. The zero-order valence-electron chi connectivity index (χ0n) is 13.2. The van der Waals surface area contributed by atoms with Gasteiger partial charge in [-0.3, -0.25) is 4.90 Å². The second-order valence-corrected chi connectivity index (χ2v) is 7.67. The number of nitrogens with zero attached hydrogens (tertiary/aromatic N) is 2. The lowest BCUT2D eigenvalue weighted by Gasteiger charge is -2.33. The second-order valence-electron chi connectivity index (χ2n) is 5.77. The molecule has 1 aliphatic heterocycles. The molecule has 0 atom stereocenters. The Morgan fingerprint density at radius 1 is 1.08 bits per heavy atom. The molecule has 0 saturated carbocycles. The molecule has 2 heterocycles. The van der Waals surface area contributed by atoms with Crippen LogP contribution in [0.4, 0.5) is 8.78 Å². The quantitative estimate of drug-likeness (QED) is 0.844. The van der Waals surface area contributed by atoms with E-state index in [2.05, 4.69) is 4.90 Å². The Labute approximate surface area is 139 Å². The van der Waals surface area contributed by atoms with Crippen molar-refractivity contribution in [3.8, 4) is 0 Å². The highest BCUT2D eigenvalue weighted by Crippen LogP contribution is 2.22. The molecule has 0 spiro atoms. The minimum atomic E-state index is -4.04. The van der Waals surface area contributed by atoms with Crippen LogP contribution in [0, 0.1) is 18.6 Å². The number of benzene rings is 1. The van der Waals surface area contributed by atoms with Crippen LogP contribution in [-0.4, -0.2) is 43.8 Å². The zero-order chi connectivity index (χ0) is 17.3. The van der Waals surface area contributed by atoms with Crippen molar-refractivity contribution in [1.82, 2.24) is 9.21 Å². The van der Waals surface area contributed by atoms with Crippen LogP contribution in [0.3, 0.4) is 0 Å². The Bertz CT molecular complexity index is 828. The summed E-state index contributed by atoms with van der Waals surface area (Å²) in [5, 5.41) is 0. The van der Waals surface area contributed by atoms with Crippen molar-refractivity contribution in [3.05, 3.63) is 53.5 Å². The molecule has 3 rings (SSSR count). The van der Waals surface area contributed by atoms with E-state index in [0.717, 1.165) is 29.7 Å². The SMILES string of the molecule is Cc1ccc(CN2CCN(S(=O)(=O)c3cc(F)ccc3F)CC2)o1. The molecular formula is C16H18F2N2O3S. The third-order valence-corrected chi connectivity index (χ3v) is 5.93. The largest absolute Gasteiger partial charge is 0.465 e. The summed E-state index contributed by atoms with van der Waals surface area (Å²) in [5.41, 5.74) is 0. The van der Waals surface area contributed by atoms with E-state index in [1.165, 1.54) is 4.31 Å². The number of sulfonamides is 1. The van der Waals surface area contributed by atoms with Gasteiger partial charge in [-0.1, -0.05) is 0 Å². The predicted molar refractivity (Wildman–Crippen MR) is 83.8 cm³/mol. The standard InChI is InChI=1S/C16H18F2N2O3S/c1-12-2-4-14(23-12)11-19-6-8-20(9-7-19)24(21,22)16-10-13(17)3-5-15(16)18/h2-5,10H,6-9,11H2,1H3. The van der Waals surface area contributed by atoms with Gasteiger partial charge >= 0.3 is 0 Å². The highest BCUT2D eigenvalue weighted by atomic mass is 32.2. The topological polar surface area (TPSA) is 53.8 Å². The summed E-state index contributed by atoms with van der Waals surface area (Å²) in [6.07, 6.45) is 0. The Kier molecular flexibility index (Phi) is 4.71. The fourth-order valence-electron chi connectivity index (χ4n) is 2.73. The van der Waals surface area contributed by atoms with Crippen LogP contribution >= 0.6 is 0 Å². The lowest BCUT2D eigenvalue weighted by atomic mass is 10.3. The van der Waals surface area contributed by atoms with E-state index in [-0.39, 0.29) is 13.1 Å². The summed E-state index contributed by atoms with van der Waals surface area (Å²) < 4.78 is 58.8. The van der Waals surface area contributed by atoms with Crippen molar-refractivity contribution < 1.29 is 21.6 Å². The van der Waals surface area contributed by atoms with Crippen molar-refractivity contribution >= 4 is 10.0 Å². The van der Waals surface area contributed by atoms with Crippen molar-refractivity contribution in [3.63, 3.8) is 0 Å². The molecule has 0 amide bonds. The average molecular weight is 356 g/mol. The van der Waals surface area contributed by atoms with E-state index in [1.807, 2.05) is 19.1 Å². The third-order valence-electron chi connectivity index (χ3n) is 4.02. The number of rotatable bonds is 4. The van der Waals surface area contributed by atoms with Crippen LogP contribution in [0.1, 0.15) is 11.5 Å². The summed E-state index contributed by atoms with van der Waals surface area (Å²) in [6, 6.07) is 6.22. The molecule has 130 valence electrons. The van der Waals surface area contributed by atoms with Gasteiger partial charge < -0.3 is 4.42 Å². The van der Waals surface area contributed by atoms with Gasteiger partial charge in [-0.25, -0.2) is 17.2 Å². The van der Waals surface area contributed by atoms with Gasteiger partial charge in [-0.2, -0.15) is 4.31 Å². The molecule has 0 radical (unpaired) electrons. The van der Waals surface area contributed by atoms with E-state index in [4.69, 9.17) is 4.42 Å². The highest BCUT2D eigenvalue weighted by Gasteiger charge is 2.31. The lowest BCUT2D eigenvalue weighted by molar-refractivity contribution is 0.170. The molecule has 0 bridgehead atoms. The molecule has 5 nitrogen and oxygen atoms in total. The molecule has 1 aliphatic rings. The minimum Gasteiger partial charge on any atom is -0.465 e. The van der Waals surface area contributed by atoms with Crippen molar-refractivity contribution in [1.29, 1.82) is 0 Å². The number of piperazine rings is 1. The second kappa shape index (κ2) is 6.62. The van der Waals surface area contributed by atoms with Crippen LogP contribution in [0.25, 0.3) is 0 Å². The van der Waals surface area contributed by atoms with Gasteiger partial charge in [0.05, 0.1) is 6.54 Å². The number of aryl methyl sites for hydroxylation is 1. The molecule has 24 heavy (non-hydrogen) atoms. The summed E-state index contributed by atoms with van der Waals surface area (Å²) in [5.74, 6) is -0.0699. The van der Waals surface area contributed by atoms with Gasteiger partial charge in [0, 0.05) is 26.2 Å². The molecule has 1 saturated heterocycles. The van der Waals surface area contributed by atoms with E-state index in [0.29, 0.717) is 19.6 Å². The molecule has 2 aromatic rings. The summed E-state index contributed by atoms with van der Waals surface area (Å²) in [6.45, 7) is 3.89. The van der Waals surface area contributed by atoms with E-state index < -0.39 is 26.6 Å². The maximum absolute atomic E-state index is 13.8. The maximum Gasteiger partial charge on any atom is 0.246 e. The number of hydrogen-bond acceptors (Lipinski definition) is 4. The fraction of sp³-hybridized carbons (Fsp3) is 0.375. The third kappa shape index (κ3) is 3.50.